The van der Waals surface area contributed by atoms with Gasteiger partial charge in [-0.25, -0.2) is 0 Å². The summed E-state index contributed by atoms with van der Waals surface area (Å²) in [7, 11) is 0. The number of rotatable bonds is 4. The number of hydrogen-bond acceptors (Lipinski definition) is 4. The van der Waals surface area contributed by atoms with E-state index in [-0.39, 0.29) is 5.91 Å². The van der Waals surface area contributed by atoms with Crippen LogP contribution in [-0.2, 0) is 0 Å². The fourth-order valence-electron chi connectivity index (χ4n) is 3.52. The minimum atomic E-state index is -0.182. The van der Waals surface area contributed by atoms with E-state index >= 15 is 0 Å². The molecule has 0 aliphatic carbocycles. The molecule has 2 heterocycles. The Hall–Kier alpha value is -3.41. The maximum Gasteiger partial charge on any atom is 0.255 e. The number of amides is 1. The molecule has 0 saturated heterocycles. The van der Waals surface area contributed by atoms with Gasteiger partial charge in [0.15, 0.2) is 0 Å². The molecule has 2 aliphatic rings. The second-order valence-corrected chi connectivity index (χ2v) is 8.30. The first-order chi connectivity index (χ1) is 15.2. The monoisotopic (exact) mass is 443 g/mol. The summed E-state index contributed by atoms with van der Waals surface area (Å²) in [6.07, 6.45) is 7.58. The average molecular weight is 444 g/mol. The first-order valence-corrected chi connectivity index (χ1v) is 10.9. The third kappa shape index (κ3) is 3.98. The summed E-state index contributed by atoms with van der Waals surface area (Å²) in [6, 6.07) is 23.8. The first kappa shape index (κ1) is 19.5. The zero-order chi connectivity index (χ0) is 21.2. The molecule has 2 aliphatic heterocycles. The first-order valence-electron chi connectivity index (χ1n) is 9.76. The predicted octanol–water partition coefficient (Wildman–Crippen LogP) is 6.12. The minimum Gasteiger partial charge on any atom is -0.320 e. The smallest absolute Gasteiger partial charge is 0.255 e. The number of halogens is 1. The van der Waals surface area contributed by atoms with E-state index < -0.39 is 0 Å². The normalized spacial score (nSPS) is 14.4. The maximum atomic E-state index is 12.9. The molecular formula is C25H18ClN3OS. The van der Waals surface area contributed by atoms with E-state index in [2.05, 4.69) is 34.3 Å². The molecule has 0 saturated carbocycles. The van der Waals surface area contributed by atoms with Gasteiger partial charge in [0.05, 0.1) is 23.5 Å². The molecule has 3 aromatic carbocycles. The lowest BCUT2D eigenvalue weighted by atomic mass is 9.99. The van der Waals surface area contributed by atoms with Gasteiger partial charge in [-0.1, -0.05) is 66.2 Å². The lowest BCUT2D eigenvalue weighted by Crippen LogP contribution is -2.27. The lowest BCUT2D eigenvalue weighted by molar-refractivity contribution is 0.0966. The van der Waals surface area contributed by atoms with Crippen molar-refractivity contribution in [3.63, 3.8) is 0 Å². The summed E-state index contributed by atoms with van der Waals surface area (Å²) in [4.78, 5) is 12.9. The van der Waals surface area contributed by atoms with Crippen LogP contribution in [0, 0.1) is 0 Å². The zero-order valence-corrected chi connectivity index (χ0v) is 18.0. The van der Waals surface area contributed by atoms with Crippen molar-refractivity contribution in [1.29, 1.82) is 0 Å². The molecule has 152 valence electrons. The summed E-state index contributed by atoms with van der Waals surface area (Å²) < 4.78 is 5.04. The molecule has 6 heteroatoms. The van der Waals surface area contributed by atoms with Crippen molar-refractivity contribution in [2.75, 3.05) is 0 Å². The van der Waals surface area contributed by atoms with E-state index in [4.69, 9.17) is 11.6 Å². The molecule has 31 heavy (non-hydrogen) atoms. The van der Waals surface area contributed by atoms with Crippen LogP contribution in [0.15, 0.2) is 109 Å². The van der Waals surface area contributed by atoms with Gasteiger partial charge in [0, 0.05) is 28.5 Å². The van der Waals surface area contributed by atoms with Crippen LogP contribution in [0.1, 0.15) is 10.4 Å². The quantitative estimate of drug-likeness (QED) is 0.476. The molecule has 4 nitrogen and oxygen atoms in total. The lowest BCUT2D eigenvalue weighted by Gasteiger charge is -2.20. The Bertz CT molecular complexity index is 1230. The van der Waals surface area contributed by atoms with Gasteiger partial charge in [0.2, 0.25) is 0 Å². The fraction of sp³-hybridized carbons (Fsp3) is 0. The predicted molar refractivity (Wildman–Crippen MR) is 128 cm³/mol. The summed E-state index contributed by atoms with van der Waals surface area (Å²) in [5, 5.41) is 3.61. The van der Waals surface area contributed by atoms with E-state index in [1.54, 1.807) is 12.1 Å². The van der Waals surface area contributed by atoms with Gasteiger partial charge in [-0.15, -0.1) is 0 Å². The molecule has 0 spiro atoms. The van der Waals surface area contributed by atoms with Crippen LogP contribution < -0.4 is 10.0 Å². The maximum absolute atomic E-state index is 12.9. The number of benzene rings is 3. The molecule has 0 radical (unpaired) electrons. The Labute approximate surface area is 190 Å². The molecular weight excluding hydrogens is 426 g/mol. The van der Waals surface area contributed by atoms with Gasteiger partial charge in [-0.3, -0.25) is 9.10 Å². The number of carbonyl (C=O) groups excluding carboxylic acids is 1. The topological polar surface area (TPSA) is 44.4 Å². The Balaban J connectivity index is 1.40. The molecule has 0 atom stereocenters. The van der Waals surface area contributed by atoms with E-state index in [0.29, 0.717) is 10.6 Å². The van der Waals surface area contributed by atoms with Crippen LogP contribution in [0.3, 0.4) is 0 Å². The highest BCUT2D eigenvalue weighted by atomic mass is 35.5. The van der Waals surface area contributed by atoms with Gasteiger partial charge in [-0.05, 0) is 47.0 Å². The van der Waals surface area contributed by atoms with Crippen molar-refractivity contribution in [2.24, 2.45) is 0 Å². The molecule has 0 aromatic heterocycles. The van der Waals surface area contributed by atoms with Crippen molar-refractivity contribution in [2.45, 2.75) is 0 Å². The number of nitrogens with one attached hydrogen (secondary N) is 2. The highest BCUT2D eigenvalue weighted by molar-refractivity contribution is 7.95. The highest BCUT2D eigenvalue weighted by Gasteiger charge is 2.22. The van der Waals surface area contributed by atoms with Crippen LogP contribution in [0.2, 0.25) is 5.02 Å². The summed E-state index contributed by atoms with van der Waals surface area (Å²) in [5.74, 6) is -0.182. The molecule has 3 aromatic rings. The average Bonchev–Trinajstić information content (AvgIpc) is 3.30. The van der Waals surface area contributed by atoms with Gasteiger partial charge in [-0.2, -0.15) is 0 Å². The number of hydrogen-bond donors (Lipinski definition) is 2. The van der Waals surface area contributed by atoms with Crippen molar-refractivity contribution < 1.29 is 4.79 Å². The van der Waals surface area contributed by atoms with Crippen LogP contribution >= 0.6 is 23.7 Å². The van der Waals surface area contributed by atoms with E-state index in [1.165, 1.54) is 12.1 Å². The van der Waals surface area contributed by atoms with Crippen LogP contribution in [0.4, 0.5) is 0 Å². The number of nitrogens with zero attached hydrogens (tertiary/aromatic N) is 1. The largest absolute Gasteiger partial charge is 0.320 e. The summed E-state index contributed by atoms with van der Waals surface area (Å²) in [5.41, 5.74) is 6.28. The molecule has 0 bridgehead atoms. The Kier molecular flexibility index (Phi) is 5.28. The fourth-order valence-corrected chi connectivity index (χ4v) is 4.41. The second kappa shape index (κ2) is 8.38. The Morgan fingerprint density at radius 1 is 0.935 bits per heavy atom. The number of carbonyl (C=O) groups is 1. The van der Waals surface area contributed by atoms with Gasteiger partial charge in [0.25, 0.3) is 5.91 Å². The van der Waals surface area contributed by atoms with E-state index in [1.807, 2.05) is 65.3 Å². The van der Waals surface area contributed by atoms with Crippen LogP contribution in [-0.4, -0.2) is 10.2 Å². The minimum absolute atomic E-state index is 0.182. The molecule has 2 N–H and O–H groups in total. The zero-order valence-electron chi connectivity index (χ0n) is 16.4. The van der Waals surface area contributed by atoms with Crippen LogP contribution in [0.25, 0.3) is 22.3 Å². The molecule has 0 unspecified atom stereocenters. The number of allylic oxidation sites excluding steroid dienone is 2. The van der Waals surface area contributed by atoms with Crippen molar-refractivity contribution in [3.05, 3.63) is 119 Å². The summed E-state index contributed by atoms with van der Waals surface area (Å²) >= 11 is 7.93. The van der Waals surface area contributed by atoms with Crippen molar-refractivity contribution in [1.82, 2.24) is 14.3 Å². The van der Waals surface area contributed by atoms with E-state index in [0.717, 1.165) is 33.6 Å². The molecule has 0 fully saturated rings. The third-order valence-electron chi connectivity index (χ3n) is 5.12. The molecule has 5 rings (SSSR count). The van der Waals surface area contributed by atoms with E-state index in [9.17, 15) is 4.79 Å². The highest BCUT2D eigenvalue weighted by Crippen LogP contribution is 2.32. The van der Waals surface area contributed by atoms with Gasteiger partial charge in [0.1, 0.15) is 0 Å². The third-order valence-corrected chi connectivity index (χ3v) is 6.19. The van der Waals surface area contributed by atoms with Gasteiger partial charge < -0.3 is 10.0 Å². The van der Waals surface area contributed by atoms with Crippen LogP contribution in [0.5, 0.6) is 0 Å². The number of fused-ring (bicyclic) bond motifs is 1. The van der Waals surface area contributed by atoms with Crippen molar-refractivity contribution >= 4 is 29.6 Å². The van der Waals surface area contributed by atoms with Crippen molar-refractivity contribution in [3.8, 4) is 22.3 Å². The molecule has 1 amide bonds. The Morgan fingerprint density at radius 2 is 1.68 bits per heavy atom. The van der Waals surface area contributed by atoms with Gasteiger partial charge >= 0.3 is 0 Å². The summed E-state index contributed by atoms with van der Waals surface area (Å²) in [6.45, 7) is 0. The Morgan fingerprint density at radius 3 is 2.48 bits per heavy atom. The second-order valence-electron chi connectivity index (χ2n) is 7.08. The standard InChI is InChI=1S/C25H18ClN3OS/c26-22-13-12-20(25(30)28-23-7-4-14-29-24(23)16-27-31-29)15-21(22)19-10-8-18(9-11-19)17-5-2-1-3-6-17/h1-16,27H,(H,28,30). The SMILES string of the molecule is O=C(NC1=CC=CN2SNC=C12)c1ccc(Cl)c(-c2ccc(-c3ccccc3)cc2)c1.